The molecule has 4 N–H and O–H groups in total. The molecule has 5 heteroatoms. The average molecular weight is 766 g/mol. The Hall–Kier alpha value is -0.650. The monoisotopic (exact) mass is 766 g/mol. The number of amides is 1. The molecule has 3 atom stereocenters. The quantitative estimate of drug-likeness (QED) is 0.0465. The highest BCUT2D eigenvalue weighted by Crippen LogP contribution is 2.18. The maximum Gasteiger partial charge on any atom is 0.249 e. The van der Waals surface area contributed by atoms with Crippen LogP contribution in [0.3, 0.4) is 0 Å². The summed E-state index contributed by atoms with van der Waals surface area (Å²) in [6.07, 6.45) is 52.6. The van der Waals surface area contributed by atoms with Crippen LogP contribution in [0.1, 0.15) is 284 Å². The predicted molar refractivity (Wildman–Crippen MR) is 236 cm³/mol. The summed E-state index contributed by atoms with van der Waals surface area (Å²) in [4.78, 5) is 12.5. The standard InChI is InChI=1S/C49H99NO4/c1-3-5-7-9-11-13-15-17-19-21-23-24-26-28-30-32-34-36-38-40-42-44-48(53)49(54)50-46(45-51)47(52)43-41-39-37-35-33-31-29-27-25-22-20-18-16-14-12-10-8-6-4-2/h46-48,51-53H,3-45H2,1-2H3,(H,50,54). The number of hydrogen-bond donors (Lipinski definition) is 4. The van der Waals surface area contributed by atoms with Crippen LogP contribution in [0.4, 0.5) is 0 Å². The van der Waals surface area contributed by atoms with Gasteiger partial charge in [-0.3, -0.25) is 4.79 Å². The molecule has 324 valence electrons. The molecule has 0 radical (unpaired) electrons. The number of carbonyl (C=O) groups excluding carboxylic acids is 1. The van der Waals surface area contributed by atoms with Crippen molar-refractivity contribution in [2.45, 2.75) is 302 Å². The Labute approximate surface area is 338 Å². The second-order valence-corrected chi connectivity index (χ2v) is 17.4. The molecule has 0 spiro atoms. The van der Waals surface area contributed by atoms with E-state index in [2.05, 4.69) is 19.2 Å². The minimum absolute atomic E-state index is 0.307. The third-order valence-corrected chi connectivity index (χ3v) is 12.0. The molecule has 0 saturated carbocycles. The number of rotatable bonds is 46. The van der Waals surface area contributed by atoms with Gasteiger partial charge < -0.3 is 20.6 Å². The number of unbranched alkanes of at least 4 members (excludes halogenated alkanes) is 38. The molecule has 0 aliphatic carbocycles. The van der Waals surface area contributed by atoms with Gasteiger partial charge >= 0.3 is 0 Å². The van der Waals surface area contributed by atoms with Crippen LogP contribution >= 0.6 is 0 Å². The molecular formula is C49H99NO4. The summed E-state index contributed by atoms with van der Waals surface area (Å²) in [6.45, 7) is 4.27. The van der Waals surface area contributed by atoms with Crippen LogP contribution in [0.25, 0.3) is 0 Å². The third kappa shape index (κ3) is 39.6. The second kappa shape index (κ2) is 45.1. The van der Waals surface area contributed by atoms with Crippen molar-refractivity contribution < 1.29 is 20.1 Å². The Balaban J connectivity index is 3.54. The number of nitrogens with one attached hydrogen (secondary N) is 1. The van der Waals surface area contributed by atoms with Crippen molar-refractivity contribution in [2.24, 2.45) is 0 Å². The van der Waals surface area contributed by atoms with E-state index >= 15 is 0 Å². The van der Waals surface area contributed by atoms with Gasteiger partial charge in [0.1, 0.15) is 6.10 Å². The van der Waals surface area contributed by atoms with Crippen molar-refractivity contribution in [2.75, 3.05) is 6.61 Å². The van der Waals surface area contributed by atoms with E-state index in [1.165, 1.54) is 225 Å². The first-order chi connectivity index (χ1) is 26.6. The summed E-state index contributed by atoms with van der Waals surface area (Å²) in [6, 6.07) is -0.706. The van der Waals surface area contributed by atoms with Crippen molar-refractivity contribution in [3.63, 3.8) is 0 Å². The zero-order valence-corrected chi connectivity index (χ0v) is 36.9. The van der Waals surface area contributed by atoms with Gasteiger partial charge in [-0.05, 0) is 12.8 Å². The van der Waals surface area contributed by atoms with Crippen LogP contribution in [0.5, 0.6) is 0 Å². The Morgan fingerprint density at radius 2 is 0.593 bits per heavy atom. The van der Waals surface area contributed by atoms with Gasteiger partial charge in [0, 0.05) is 0 Å². The van der Waals surface area contributed by atoms with Crippen LogP contribution < -0.4 is 5.32 Å². The Morgan fingerprint density at radius 1 is 0.370 bits per heavy atom. The molecule has 0 aliphatic heterocycles. The molecule has 0 heterocycles. The molecule has 0 aromatic carbocycles. The predicted octanol–water partition coefficient (Wildman–Crippen LogP) is 14.6. The maximum absolute atomic E-state index is 12.5. The smallest absolute Gasteiger partial charge is 0.249 e. The molecule has 0 aliphatic rings. The van der Waals surface area contributed by atoms with Crippen molar-refractivity contribution in [1.29, 1.82) is 0 Å². The molecule has 0 aromatic heterocycles. The lowest BCUT2D eigenvalue weighted by molar-refractivity contribution is -0.131. The Kier molecular flexibility index (Phi) is 44.5. The van der Waals surface area contributed by atoms with Crippen molar-refractivity contribution in [3.8, 4) is 0 Å². The van der Waals surface area contributed by atoms with E-state index in [9.17, 15) is 20.1 Å². The van der Waals surface area contributed by atoms with E-state index in [4.69, 9.17) is 0 Å². The highest BCUT2D eigenvalue weighted by Gasteiger charge is 2.23. The topological polar surface area (TPSA) is 89.8 Å². The summed E-state index contributed by atoms with van der Waals surface area (Å²) >= 11 is 0. The fourth-order valence-corrected chi connectivity index (χ4v) is 8.08. The fourth-order valence-electron chi connectivity index (χ4n) is 8.08. The molecule has 3 unspecified atom stereocenters. The zero-order valence-electron chi connectivity index (χ0n) is 36.9. The minimum Gasteiger partial charge on any atom is -0.394 e. The van der Waals surface area contributed by atoms with Crippen molar-refractivity contribution in [3.05, 3.63) is 0 Å². The summed E-state index contributed by atoms with van der Waals surface area (Å²) in [5.41, 5.74) is 0. The average Bonchev–Trinajstić information content (AvgIpc) is 3.18. The lowest BCUT2D eigenvalue weighted by atomic mass is 10.0. The second-order valence-electron chi connectivity index (χ2n) is 17.4. The third-order valence-electron chi connectivity index (χ3n) is 12.0. The van der Waals surface area contributed by atoms with Crippen molar-refractivity contribution in [1.82, 2.24) is 5.32 Å². The highest BCUT2D eigenvalue weighted by atomic mass is 16.3. The van der Waals surface area contributed by atoms with E-state index in [0.29, 0.717) is 12.8 Å². The molecule has 0 rings (SSSR count). The summed E-state index contributed by atoms with van der Waals surface area (Å²) in [5, 5.41) is 33.4. The molecule has 5 nitrogen and oxygen atoms in total. The van der Waals surface area contributed by atoms with Crippen LogP contribution in [0.15, 0.2) is 0 Å². The summed E-state index contributed by atoms with van der Waals surface area (Å²) in [7, 11) is 0. The number of aliphatic hydroxyl groups is 3. The van der Waals surface area contributed by atoms with Gasteiger partial charge in [0.2, 0.25) is 5.91 Å². The lowest BCUT2D eigenvalue weighted by Gasteiger charge is -2.23. The highest BCUT2D eigenvalue weighted by molar-refractivity contribution is 5.80. The van der Waals surface area contributed by atoms with Crippen LogP contribution in [0.2, 0.25) is 0 Å². The number of aliphatic hydroxyl groups excluding tert-OH is 3. The van der Waals surface area contributed by atoms with Crippen LogP contribution in [0, 0.1) is 0 Å². The van der Waals surface area contributed by atoms with Gasteiger partial charge in [0.15, 0.2) is 0 Å². The van der Waals surface area contributed by atoms with Gasteiger partial charge in [-0.1, -0.05) is 271 Å². The van der Waals surface area contributed by atoms with Gasteiger partial charge in [0.05, 0.1) is 18.8 Å². The molecule has 1 amide bonds. The van der Waals surface area contributed by atoms with Gasteiger partial charge in [-0.25, -0.2) is 0 Å². The summed E-state index contributed by atoms with van der Waals surface area (Å²) in [5.74, 6) is -0.463. The first-order valence-corrected chi connectivity index (χ1v) is 24.8. The molecule has 0 aromatic rings. The molecule has 0 saturated heterocycles. The zero-order chi connectivity index (χ0) is 39.4. The Bertz CT molecular complexity index is 718. The molecular weight excluding hydrogens is 667 g/mol. The molecule has 0 fully saturated rings. The molecule has 54 heavy (non-hydrogen) atoms. The Morgan fingerprint density at radius 3 is 0.833 bits per heavy atom. The largest absolute Gasteiger partial charge is 0.394 e. The van der Waals surface area contributed by atoms with E-state index in [1.807, 2.05) is 0 Å². The van der Waals surface area contributed by atoms with E-state index in [0.717, 1.165) is 32.1 Å². The van der Waals surface area contributed by atoms with Gasteiger partial charge in [-0.15, -0.1) is 0 Å². The summed E-state index contributed by atoms with van der Waals surface area (Å²) < 4.78 is 0. The number of hydrogen-bond acceptors (Lipinski definition) is 4. The van der Waals surface area contributed by atoms with Crippen molar-refractivity contribution >= 4 is 5.91 Å². The van der Waals surface area contributed by atoms with Gasteiger partial charge in [0.25, 0.3) is 0 Å². The first-order valence-electron chi connectivity index (χ1n) is 24.8. The normalized spacial score (nSPS) is 13.4. The lowest BCUT2D eigenvalue weighted by Crippen LogP contribution is -2.49. The first kappa shape index (κ1) is 53.4. The van der Waals surface area contributed by atoms with E-state index in [1.54, 1.807) is 0 Å². The maximum atomic E-state index is 12.5. The molecule has 0 bridgehead atoms. The van der Waals surface area contributed by atoms with Crippen LogP contribution in [-0.4, -0.2) is 46.1 Å². The number of carbonyl (C=O) groups is 1. The van der Waals surface area contributed by atoms with E-state index in [-0.39, 0.29) is 6.61 Å². The minimum atomic E-state index is -1.07. The fraction of sp³-hybridized carbons (Fsp3) is 0.980. The van der Waals surface area contributed by atoms with Crippen LogP contribution in [-0.2, 0) is 4.79 Å². The van der Waals surface area contributed by atoms with Gasteiger partial charge in [-0.2, -0.15) is 0 Å². The SMILES string of the molecule is CCCCCCCCCCCCCCCCCCCCCCCC(O)C(=O)NC(CO)C(O)CCCCCCCCCCCCCCCCCCCCC. The van der Waals surface area contributed by atoms with E-state index < -0.39 is 24.2 Å².